The number of amides is 1. The Kier molecular flexibility index (Phi) is 3.20. The molecule has 2 rings (SSSR count). The van der Waals surface area contributed by atoms with E-state index in [9.17, 15) is 4.79 Å². The summed E-state index contributed by atoms with van der Waals surface area (Å²) in [6, 6.07) is 5.73. The van der Waals surface area contributed by atoms with Gasteiger partial charge in [-0.15, -0.1) is 0 Å². The first-order valence-corrected chi connectivity index (χ1v) is 6.06. The molecule has 1 aromatic rings. The molecule has 0 unspecified atom stereocenters. The van der Waals surface area contributed by atoms with Crippen LogP contribution in [0.15, 0.2) is 18.2 Å². The molecule has 2 nitrogen and oxygen atoms in total. The summed E-state index contributed by atoms with van der Waals surface area (Å²) in [5.41, 5.74) is 1.91. The minimum absolute atomic E-state index is 0.119. The fraction of sp³-hybridized carbons (Fsp3) is 0.462. The van der Waals surface area contributed by atoms with Gasteiger partial charge in [-0.05, 0) is 36.5 Å². The topological polar surface area (TPSA) is 29.1 Å². The van der Waals surface area contributed by atoms with Crippen LogP contribution in [0.1, 0.15) is 38.2 Å². The highest BCUT2D eigenvalue weighted by atomic mass is 35.5. The van der Waals surface area contributed by atoms with E-state index in [4.69, 9.17) is 11.6 Å². The molecule has 0 spiro atoms. The fourth-order valence-electron chi connectivity index (χ4n) is 1.66. The first-order valence-electron chi connectivity index (χ1n) is 5.68. The van der Waals surface area contributed by atoms with Crippen molar-refractivity contribution in [2.45, 2.75) is 32.6 Å². The normalized spacial score (nSPS) is 15.2. The molecule has 0 radical (unpaired) electrons. The lowest BCUT2D eigenvalue weighted by Crippen LogP contribution is -2.13. The van der Waals surface area contributed by atoms with Gasteiger partial charge in [-0.25, -0.2) is 0 Å². The minimum atomic E-state index is 0.119. The van der Waals surface area contributed by atoms with E-state index in [0.717, 1.165) is 29.1 Å². The molecule has 1 fully saturated rings. The highest BCUT2D eigenvalue weighted by molar-refractivity contribution is 6.31. The van der Waals surface area contributed by atoms with Crippen molar-refractivity contribution in [3.05, 3.63) is 28.8 Å². The van der Waals surface area contributed by atoms with E-state index in [0.29, 0.717) is 5.92 Å². The summed E-state index contributed by atoms with van der Waals surface area (Å²) >= 11 is 6.15. The quantitative estimate of drug-likeness (QED) is 0.851. The van der Waals surface area contributed by atoms with E-state index in [1.54, 1.807) is 0 Å². The van der Waals surface area contributed by atoms with E-state index >= 15 is 0 Å². The monoisotopic (exact) mass is 237 g/mol. The molecule has 3 heteroatoms. The second-order valence-electron chi connectivity index (χ2n) is 4.65. The average molecular weight is 238 g/mol. The molecule has 0 bridgehead atoms. The van der Waals surface area contributed by atoms with Gasteiger partial charge in [-0.2, -0.15) is 0 Å². The van der Waals surface area contributed by atoms with E-state index in [1.807, 2.05) is 18.2 Å². The van der Waals surface area contributed by atoms with Crippen LogP contribution in [0, 0.1) is 5.92 Å². The minimum Gasteiger partial charge on any atom is -0.326 e. The van der Waals surface area contributed by atoms with Gasteiger partial charge in [0.25, 0.3) is 0 Å². The van der Waals surface area contributed by atoms with Crippen LogP contribution in [0.3, 0.4) is 0 Å². The van der Waals surface area contributed by atoms with Gasteiger partial charge in [0, 0.05) is 16.6 Å². The van der Waals surface area contributed by atoms with Gasteiger partial charge >= 0.3 is 0 Å². The number of rotatable bonds is 3. The Hall–Kier alpha value is -1.02. The Morgan fingerprint density at radius 2 is 2.12 bits per heavy atom. The predicted molar refractivity (Wildman–Crippen MR) is 66.9 cm³/mol. The average Bonchev–Trinajstić information content (AvgIpc) is 2.99. The molecule has 0 heterocycles. The maximum Gasteiger partial charge on any atom is 0.227 e. The number of carbonyl (C=O) groups excluding carboxylic acids is 1. The van der Waals surface area contributed by atoms with Crippen LogP contribution in [0.5, 0.6) is 0 Å². The zero-order valence-corrected chi connectivity index (χ0v) is 10.3. The Morgan fingerprint density at radius 1 is 1.44 bits per heavy atom. The fourth-order valence-corrected chi connectivity index (χ4v) is 2.06. The van der Waals surface area contributed by atoms with Gasteiger partial charge in [-0.1, -0.05) is 31.5 Å². The number of halogens is 1. The number of hydrogen-bond acceptors (Lipinski definition) is 1. The Morgan fingerprint density at radius 3 is 2.62 bits per heavy atom. The molecular formula is C13H16ClNO. The van der Waals surface area contributed by atoms with Crippen LogP contribution in [-0.4, -0.2) is 5.91 Å². The smallest absolute Gasteiger partial charge is 0.227 e. The van der Waals surface area contributed by atoms with E-state index in [2.05, 4.69) is 19.2 Å². The summed E-state index contributed by atoms with van der Waals surface area (Å²) < 4.78 is 0. The zero-order chi connectivity index (χ0) is 11.7. The molecule has 1 aliphatic carbocycles. The van der Waals surface area contributed by atoms with Crippen molar-refractivity contribution in [1.82, 2.24) is 0 Å². The lowest BCUT2D eigenvalue weighted by Gasteiger charge is -2.10. The third-order valence-corrected chi connectivity index (χ3v) is 3.17. The molecule has 1 aliphatic rings. The van der Waals surface area contributed by atoms with E-state index in [1.165, 1.54) is 0 Å². The van der Waals surface area contributed by atoms with Gasteiger partial charge in [-0.3, -0.25) is 4.79 Å². The number of benzene rings is 1. The number of nitrogens with one attached hydrogen (secondary N) is 1. The van der Waals surface area contributed by atoms with Crippen LogP contribution in [0.4, 0.5) is 5.69 Å². The number of carbonyl (C=O) groups is 1. The standard InChI is InChI=1S/C13H16ClNO/c1-8(2)11-6-5-10(7-12(11)14)15-13(16)9-3-4-9/h5-9H,3-4H2,1-2H3,(H,15,16). The molecule has 86 valence electrons. The van der Waals surface area contributed by atoms with Crippen molar-refractivity contribution in [3.63, 3.8) is 0 Å². The Balaban J connectivity index is 2.11. The van der Waals surface area contributed by atoms with E-state index < -0.39 is 0 Å². The lowest BCUT2D eigenvalue weighted by atomic mass is 10.0. The molecule has 1 amide bonds. The number of hydrogen-bond donors (Lipinski definition) is 1. The molecular weight excluding hydrogens is 222 g/mol. The molecule has 1 aromatic carbocycles. The third kappa shape index (κ3) is 2.56. The van der Waals surface area contributed by atoms with Gasteiger partial charge in [0.1, 0.15) is 0 Å². The summed E-state index contributed by atoms with van der Waals surface area (Å²) in [5, 5.41) is 3.61. The second kappa shape index (κ2) is 4.46. The molecule has 16 heavy (non-hydrogen) atoms. The zero-order valence-electron chi connectivity index (χ0n) is 9.59. The summed E-state index contributed by atoms with van der Waals surface area (Å²) in [5.74, 6) is 0.748. The van der Waals surface area contributed by atoms with Crippen LogP contribution >= 0.6 is 11.6 Å². The van der Waals surface area contributed by atoms with Gasteiger partial charge in [0.2, 0.25) is 5.91 Å². The maximum absolute atomic E-state index is 11.6. The highest BCUT2D eigenvalue weighted by Gasteiger charge is 2.29. The molecule has 0 aromatic heterocycles. The molecule has 1 N–H and O–H groups in total. The third-order valence-electron chi connectivity index (χ3n) is 2.84. The first-order chi connectivity index (χ1) is 7.58. The van der Waals surface area contributed by atoms with Crippen molar-refractivity contribution >= 4 is 23.2 Å². The predicted octanol–water partition coefficient (Wildman–Crippen LogP) is 3.81. The molecule has 0 saturated heterocycles. The highest BCUT2D eigenvalue weighted by Crippen LogP contribution is 2.31. The van der Waals surface area contributed by atoms with E-state index in [-0.39, 0.29) is 11.8 Å². The summed E-state index contributed by atoms with van der Waals surface area (Å²) in [4.78, 5) is 11.6. The summed E-state index contributed by atoms with van der Waals surface area (Å²) in [7, 11) is 0. The first kappa shape index (κ1) is 11.5. The lowest BCUT2D eigenvalue weighted by molar-refractivity contribution is -0.117. The van der Waals surface area contributed by atoms with Crippen LogP contribution in [-0.2, 0) is 4.79 Å². The van der Waals surface area contributed by atoms with Gasteiger partial charge in [0.05, 0.1) is 0 Å². The molecule has 0 aliphatic heterocycles. The van der Waals surface area contributed by atoms with Crippen molar-refractivity contribution in [3.8, 4) is 0 Å². The van der Waals surface area contributed by atoms with Crippen molar-refractivity contribution in [2.24, 2.45) is 5.92 Å². The van der Waals surface area contributed by atoms with Crippen LogP contribution in [0.25, 0.3) is 0 Å². The van der Waals surface area contributed by atoms with Crippen molar-refractivity contribution in [1.29, 1.82) is 0 Å². The Labute approximate surface area is 101 Å². The second-order valence-corrected chi connectivity index (χ2v) is 5.06. The van der Waals surface area contributed by atoms with Gasteiger partial charge in [0.15, 0.2) is 0 Å². The number of anilines is 1. The van der Waals surface area contributed by atoms with Gasteiger partial charge < -0.3 is 5.32 Å². The summed E-state index contributed by atoms with van der Waals surface area (Å²) in [6.45, 7) is 4.20. The summed E-state index contributed by atoms with van der Waals surface area (Å²) in [6.07, 6.45) is 2.04. The Bertz CT molecular complexity index is 410. The molecule has 1 saturated carbocycles. The maximum atomic E-state index is 11.6. The van der Waals surface area contributed by atoms with Crippen molar-refractivity contribution < 1.29 is 4.79 Å². The largest absolute Gasteiger partial charge is 0.326 e. The van der Waals surface area contributed by atoms with Crippen LogP contribution in [0.2, 0.25) is 5.02 Å². The van der Waals surface area contributed by atoms with Crippen LogP contribution < -0.4 is 5.32 Å². The molecule has 0 atom stereocenters. The SMILES string of the molecule is CC(C)c1ccc(NC(=O)C2CC2)cc1Cl. The van der Waals surface area contributed by atoms with Crippen molar-refractivity contribution in [2.75, 3.05) is 5.32 Å².